The molecule has 26 heavy (non-hydrogen) atoms. The SMILES string of the molecule is CCCC(=O)Nc1ccc(-n2nc(OC)nc2-c2ccc(C)cc2)cc1. The average molecular weight is 350 g/mol. The number of nitrogens with one attached hydrogen (secondary N) is 1. The fourth-order valence-corrected chi connectivity index (χ4v) is 2.59. The predicted molar refractivity (Wildman–Crippen MR) is 102 cm³/mol. The number of carbonyl (C=O) groups excluding carboxylic acids is 1. The predicted octanol–water partition coefficient (Wildman–Crippen LogP) is 3.99. The summed E-state index contributed by atoms with van der Waals surface area (Å²) in [6.07, 6.45) is 1.34. The minimum absolute atomic E-state index is 0.0167. The van der Waals surface area contributed by atoms with Gasteiger partial charge in [0, 0.05) is 17.7 Å². The average Bonchev–Trinajstić information content (AvgIpc) is 3.07. The minimum atomic E-state index is 0.0167. The van der Waals surface area contributed by atoms with Crippen LogP contribution in [-0.2, 0) is 4.79 Å². The minimum Gasteiger partial charge on any atom is -0.466 e. The van der Waals surface area contributed by atoms with Crippen LogP contribution in [0, 0.1) is 6.92 Å². The second-order valence-corrected chi connectivity index (χ2v) is 6.04. The van der Waals surface area contributed by atoms with E-state index in [1.165, 1.54) is 5.56 Å². The van der Waals surface area contributed by atoms with Crippen LogP contribution in [-0.4, -0.2) is 27.8 Å². The van der Waals surface area contributed by atoms with E-state index in [0.717, 1.165) is 23.4 Å². The van der Waals surface area contributed by atoms with E-state index >= 15 is 0 Å². The van der Waals surface area contributed by atoms with Crippen LogP contribution in [0.25, 0.3) is 17.1 Å². The Balaban J connectivity index is 1.92. The molecule has 0 saturated carbocycles. The lowest BCUT2D eigenvalue weighted by Crippen LogP contribution is -2.10. The van der Waals surface area contributed by atoms with Crippen molar-refractivity contribution in [3.8, 4) is 23.1 Å². The third kappa shape index (κ3) is 3.91. The Labute approximate surface area is 152 Å². The van der Waals surface area contributed by atoms with Gasteiger partial charge >= 0.3 is 6.01 Å². The zero-order chi connectivity index (χ0) is 18.5. The zero-order valence-electron chi connectivity index (χ0n) is 15.2. The second kappa shape index (κ2) is 7.82. The van der Waals surface area contributed by atoms with Crippen molar-refractivity contribution < 1.29 is 9.53 Å². The van der Waals surface area contributed by atoms with Gasteiger partial charge in [-0.2, -0.15) is 4.98 Å². The molecular formula is C20H22N4O2. The first-order valence-corrected chi connectivity index (χ1v) is 8.59. The molecule has 0 aliphatic carbocycles. The van der Waals surface area contributed by atoms with Crippen molar-refractivity contribution >= 4 is 11.6 Å². The first-order chi connectivity index (χ1) is 12.6. The first kappa shape index (κ1) is 17.7. The maximum atomic E-state index is 11.7. The molecule has 1 amide bonds. The molecule has 6 heteroatoms. The fraction of sp³-hybridized carbons (Fsp3) is 0.250. The van der Waals surface area contributed by atoms with E-state index in [1.807, 2.05) is 62.4 Å². The van der Waals surface area contributed by atoms with Gasteiger partial charge in [-0.1, -0.05) is 36.8 Å². The van der Waals surface area contributed by atoms with Crippen molar-refractivity contribution in [3.05, 3.63) is 54.1 Å². The Morgan fingerprint density at radius 1 is 1.12 bits per heavy atom. The highest BCUT2D eigenvalue weighted by Crippen LogP contribution is 2.24. The molecule has 1 N–H and O–H groups in total. The third-order valence-electron chi connectivity index (χ3n) is 3.95. The van der Waals surface area contributed by atoms with Crippen LogP contribution < -0.4 is 10.1 Å². The molecule has 2 aromatic carbocycles. The summed E-state index contributed by atoms with van der Waals surface area (Å²) in [7, 11) is 1.55. The quantitative estimate of drug-likeness (QED) is 0.730. The van der Waals surface area contributed by atoms with Crippen LogP contribution >= 0.6 is 0 Å². The van der Waals surface area contributed by atoms with Gasteiger partial charge in [-0.25, -0.2) is 4.68 Å². The number of benzene rings is 2. The number of hydrogen-bond acceptors (Lipinski definition) is 4. The lowest BCUT2D eigenvalue weighted by Gasteiger charge is -2.08. The number of amides is 1. The van der Waals surface area contributed by atoms with Crippen LogP contribution in [0.4, 0.5) is 5.69 Å². The Morgan fingerprint density at radius 2 is 1.81 bits per heavy atom. The summed E-state index contributed by atoms with van der Waals surface area (Å²) in [5.41, 5.74) is 3.73. The molecule has 0 radical (unpaired) electrons. The molecular weight excluding hydrogens is 328 g/mol. The van der Waals surface area contributed by atoms with Gasteiger partial charge in [0.25, 0.3) is 0 Å². The van der Waals surface area contributed by atoms with Crippen LogP contribution in [0.5, 0.6) is 6.01 Å². The maximum Gasteiger partial charge on any atom is 0.336 e. The molecule has 0 fully saturated rings. The summed E-state index contributed by atoms with van der Waals surface area (Å²) in [4.78, 5) is 16.2. The Kier molecular flexibility index (Phi) is 5.31. The number of methoxy groups -OCH3 is 1. The van der Waals surface area contributed by atoms with Crippen molar-refractivity contribution in [3.63, 3.8) is 0 Å². The molecule has 0 aliphatic heterocycles. The highest BCUT2D eigenvalue weighted by atomic mass is 16.5. The number of ether oxygens (including phenoxy) is 1. The van der Waals surface area contributed by atoms with Crippen molar-refractivity contribution in [1.29, 1.82) is 0 Å². The molecule has 0 bridgehead atoms. The fourth-order valence-electron chi connectivity index (χ4n) is 2.59. The molecule has 1 heterocycles. The van der Waals surface area contributed by atoms with Crippen molar-refractivity contribution in [2.75, 3.05) is 12.4 Å². The standard InChI is InChI=1S/C20H22N4O2/c1-4-5-18(25)21-16-10-12-17(13-11-16)24-19(22-20(23-24)26-3)15-8-6-14(2)7-9-15/h6-13H,4-5H2,1-3H3,(H,21,25). The highest BCUT2D eigenvalue weighted by Gasteiger charge is 2.14. The van der Waals surface area contributed by atoms with Crippen molar-refractivity contribution in [1.82, 2.24) is 14.8 Å². The van der Waals surface area contributed by atoms with E-state index < -0.39 is 0 Å². The van der Waals surface area contributed by atoms with Gasteiger partial charge in [-0.3, -0.25) is 4.79 Å². The first-order valence-electron chi connectivity index (χ1n) is 8.59. The molecule has 0 aliphatic rings. The van der Waals surface area contributed by atoms with E-state index in [4.69, 9.17) is 4.74 Å². The summed E-state index contributed by atoms with van der Waals surface area (Å²) in [5.74, 6) is 0.715. The van der Waals surface area contributed by atoms with Crippen molar-refractivity contribution in [2.45, 2.75) is 26.7 Å². The van der Waals surface area contributed by atoms with E-state index in [1.54, 1.807) is 11.8 Å². The number of rotatable bonds is 6. The molecule has 3 rings (SSSR count). The van der Waals surface area contributed by atoms with Crippen LogP contribution in [0.1, 0.15) is 25.3 Å². The summed E-state index contributed by atoms with van der Waals surface area (Å²) in [6.45, 7) is 4.02. The zero-order valence-corrected chi connectivity index (χ0v) is 15.2. The largest absolute Gasteiger partial charge is 0.466 e. The number of aromatic nitrogens is 3. The van der Waals surface area contributed by atoms with Crippen molar-refractivity contribution in [2.24, 2.45) is 0 Å². The number of anilines is 1. The molecule has 0 unspecified atom stereocenters. The number of nitrogens with zero attached hydrogens (tertiary/aromatic N) is 3. The normalized spacial score (nSPS) is 10.6. The monoisotopic (exact) mass is 350 g/mol. The molecule has 0 saturated heterocycles. The van der Waals surface area contributed by atoms with Gasteiger partial charge in [0.15, 0.2) is 5.82 Å². The smallest absolute Gasteiger partial charge is 0.336 e. The van der Waals surface area contributed by atoms with Gasteiger partial charge in [0.2, 0.25) is 5.91 Å². The number of aryl methyl sites for hydroxylation is 1. The lowest BCUT2D eigenvalue weighted by atomic mass is 10.1. The van der Waals surface area contributed by atoms with Gasteiger partial charge in [0.05, 0.1) is 12.8 Å². The Bertz CT molecular complexity index is 883. The summed E-state index contributed by atoms with van der Waals surface area (Å²) < 4.78 is 6.94. The van der Waals surface area contributed by atoms with E-state index in [-0.39, 0.29) is 5.91 Å². The van der Waals surface area contributed by atoms with Gasteiger partial charge in [-0.05, 0) is 37.6 Å². The van der Waals surface area contributed by atoms with Crippen LogP contribution in [0.15, 0.2) is 48.5 Å². The Morgan fingerprint density at radius 3 is 2.42 bits per heavy atom. The number of carbonyl (C=O) groups is 1. The van der Waals surface area contributed by atoms with E-state index in [0.29, 0.717) is 18.3 Å². The van der Waals surface area contributed by atoms with Crippen LogP contribution in [0.2, 0.25) is 0 Å². The second-order valence-electron chi connectivity index (χ2n) is 6.04. The number of hydrogen-bond donors (Lipinski definition) is 1. The molecule has 0 spiro atoms. The van der Waals surface area contributed by atoms with Gasteiger partial charge in [-0.15, -0.1) is 5.10 Å². The maximum absolute atomic E-state index is 11.7. The lowest BCUT2D eigenvalue weighted by molar-refractivity contribution is -0.116. The highest BCUT2D eigenvalue weighted by molar-refractivity contribution is 5.90. The Hall–Kier alpha value is -3.15. The van der Waals surface area contributed by atoms with E-state index in [9.17, 15) is 4.79 Å². The molecule has 134 valence electrons. The third-order valence-corrected chi connectivity index (χ3v) is 3.95. The van der Waals surface area contributed by atoms with Gasteiger partial charge in [0.1, 0.15) is 0 Å². The van der Waals surface area contributed by atoms with Crippen LogP contribution in [0.3, 0.4) is 0 Å². The molecule has 1 aromatic heterocycles. The van der Waals surface area contributed by atoms with Gasteiger partial charge < -0.3 is 10.1 Å². The summed E-state index contributed by atoms with van der Waals surface area (Å²) >= 11 is 0. The topological polar surface area (TPSA) is 69.0 Å². The summed E-state index contributed by atoms with van der Waals surface area (Å²) in [6, 6.07) is 15.9. The molecule has 3 aromatic rings. The van der Waals surface area contributed by atoms with E-state index in [2.05, 4.69) is 15.4 Å². The molecule has 6 nitrogen and oxygen atoms in total. The molecule has 0 atom stereocenters. The summed E-state index contributed by atoms with van der Waals surface area (Å²) in [5, 5.41) is 7.30.